The third kappa shape index (κ3) is 4.22. The van der Waals surface area contributed by atoms with Crippen LogP contribution in [0.5, 0.6) is 0 Å². The summed E-state index contributed by atoms with van der Waals surface area (Å²) in [6, 6.07) is 15.2. The summed E-state index contributed by atoms with van der Waals surface area (Å²) in [5.41, 5.74) is 3.54. The van der Waals surface area contributed by atoms with E-state index in [2.05, 4.69) is 9.88 Å². The lowest BCUT2D eigenvalue weighted by molar-refractivity contribution is -0.137. The lowest BCUT2D eigenvalue weighted by atomic mass is 9.99. The van der Waals surface area contributed by atoms with E-state index in [9.17, 15) is 18.0 Å². The van der Waals surface area contributed by atoms with E-state index in [0.717, 1.165) is 30.4 Å². The van der Waals surface area contributed by atoms with Crippen molar-refractivity contribution in [2.75, 3.05) is 11.4 Å². The second-order valence-corrected chi connectivity index (χ2v) is 7.38. The van der Waals surface area contributed by atoms with Crippen LogP contribution in [-0.2, 0) is 19.0 Å². The van der Waals surface area contributed by atoms with E-state index in [4.69, 9.17) is 0 Å². The van der Waals surface area contributed by atoms with Gasteiger partial charge in [0.2, 0.25) is 0 Å². The summed E-state index contributed by atoms with van der Waals surface area (Å²) in [4.78, 5) is 18.3. The van der Waals surface area contributed by atoms with Crippen molar-refractivity contribution in [2.45, 2.75) is 31.9 Å². The third-order valence-electron chi connectivity index (χ3n) is 5.44. The van der Waals surface area contributed by atoms with E-state index < -0.39 is 11.7 Å². The molecule has 0 saturated carbocycles. The van der Waals surface area contributed by atoms with Crippen LogP contribution in [0.4, 0.5) is 24.5 Å². The van der Waals surface area contributed by atoms with Gasteiger partial charge in [-0.25, -0.2) is 0 Å². The summed E-state index contributed by atoms with van der Waals surface area (Å²) in [5.74, 6) is -0.0301. The van der Waals surface area contributed by atoms with Crippen LogP contribution in [0.25, 0.3) is 0 Å². The van der Waals surface area contributed by atoms with Crippen molar-refractivity contribution in [2.24, 2.45) is 0 Å². The van der Waals surface area contributed by atoms with Gasteiger partial charge in [-0.15, -0.1) is 0 Å². The minimum absolute atomic E-state index is 0.0301. The quantitative estimate of drug-likeness (QED) is 0.467. The summed E-state index contributed by atoms with van der Waals surface area (Å²) in [7, 11) is 0. The Morgan fingerprint density at radius 2 is 1.77 bits per heavy atom. The molecule has 0 radical (unpaired) electrons. The fourth-order valence-electron chi connectivity index (χ4n) is 3.94. The van der Waals surface area contributed by atoms with Crippen LogP contribution in [0.3, 0.4) is 0 Å². The van der Waals surface area contributed by atoms with Crippen molar-refractivity contribution >= 4 is 17.2 Å². The Labute approximate surface area is 173 Å². The molecule has 0 fully saturated rings. The van der Waals surface area contributed by atoms with E-state index in [1.807, 2.05) is 24.3 Å². The number of rotatable bonds is 6. The van der Waals surface area contributed by atoms with E-state index in [1.165, 1.54) is 11.6 Å². The Morgan fingerprint density at radius 3 is 2.53 bits per heavy atom. The van der Waals surface area contributed by atoms with E-state index in [1.54, 1.807) is 30.6 Å². The number of ketones is 1. The molecule has 0 spiro atoms. The molecule has 1 aliphatic rings. The van der Waals surface area contributed by atoms with Gasteiger partial charge in [0.15, 0.2) is 5.78 Å². The highest BCUT2D eigenvalue weighted by Crippen LogP contribution is 2.39. The van der Waals surface area contributed by atoms with E-state index >= 15 is 0 Å². The highest BCUT2D eigenvalue weighted by Gasteiger charge is 2.32. The number of nitrogens with zero attached hydrogens (tertiary/aromatic N) is 2. The molecule has 0 N–H and O–H groups in total. The monoisotopic (exact) mass is 410 g/mol. The van der Waals surface area contributed by atoms with Gasteiger partial charge >= 0.3 is 6.18 Å². The molecule has 2 heterocycles. The number of fused-ring (bicyclic) bond motifs is 1. The number of carbonyl (C=O) groups excluding carboxylic acids is 1. The first-order valence-electron chi connectivity index (χ1n) is 9.92. The molecule has 3 nitrogen and oxygen atoms in total. The predicted octanol–water partition coefficient (Wildman–Crippen LogP) is 6.00. The fraction of sp³-hybridized carbons (Fsp3) is 0.250. The maximum absolute atomic E-state index is 13.3. The molecule has 154 valence electrons. The number of benzene rings is 2. The van der Waals surface area contributed by atoms with Crippen LogP contribution in [0.1, 0.15) is 39.9 Å². The van der Waals surface area contributed by atoms with Gasteiger partial charge in [-0.3, -0.25) is 9.78 Å². The number of halogens is 3. The van der Waals surface area contributed by atoms with Gasteiger partial charge in [-0.2, -0.15) is 13.2 Å². The molecule has 3 aromatic rings. The second-order valence-electron chi connectivity index (χ2n) is 7.38. The summed E-state index contributed by atoms with van der Waals surface area (Å²) >= 11 is 0. The molecule has 4 rings (SSSR count). The Kier molecular flexibility index (Phi) is 5.57. The zero-order valence-electron chi connectivity index (χ0n) is 16.3. The molecule has 0 atom stereocenters. The molecule has 2 aromatic carbocycles. The SMILES string of the molecule is O=C(CCCc1cc(C(F)(F)F)ccc1N1CCc2ccccc21)c1ccncc1. The largest absolute Gasteiger partial charge is 0.416 e. The summed E-state index contributed by atoms with van der Waals surface area (Å²) < 4.78 is 39.9. The number of Topliss-reactive ketones (excluding diaryl/α,β-unsaturated/α-hetero) is 1. The minimum atomic E-state index is -4.40. The van der Waals surface area contributed by atoms with E-state index in [-0.39, 0.29) is 12.2 Å². The molecule has 0 unspecified atom stereocenters. The lowest BCUT2D eigenvalue weighted by Crippen LogP contribution is -2.16. The van der Waals surface area contributed by atoms with Crippen LogP contribution in [0, 0.1) is 0 Å². The Balaban J connectivity index is 1.58. The van der Waals surface area contributed by atoms with Crippen LogP contribution in [0.15, 0.2) is 67.0 Å². The number of anilines is 2. The van der Waals surface area contributed by atoms with Gasteiger partial charge in [0.1, 0.15) is 0 Å². The highest BCUT2D eigenvalue weighted by molar-refractivity contribution is 5.95. The van der Waals surface area contributed by atoms with Crippen molar-refractivity contribution < 1.29 is 18.0 Å². The molecule has 0 saturated heterocycles. The Hall–Kier alpha value is -3.15. The maximum Gasteiger partial charge on any atom is 0.416 e. The number of alkyl halides is 3. The van der Waals surface area contributed by atoms with Crippen molar-refractivity contribution in [1.82, 2.24) is 4.98 Å². The number of carbonyl (C=O) groups is 1. The number of aromatic nitrogens is 1. The first-order chi connectivity index (χ1) is 14.4. The summed E-state index contributed by atoms with van der Waals surface area (Å²) in [6.45, 7) is 0.730. The van der Waals surface area contributed by atoms with Gasteiger partial charge in [0.25, 0.3) is 0 Å². The minimum Gasteiger partial charge on any atom is -0.341 e. The van der Waals surface area contributed by atoms with Crippen LogP contribution < -0.4 is 4.90 Å². The van der Waals surface area contributed by atoms with Crippen molar-refractivity contribution in [3.63, 3.8) is 0 Å². The van der Waals surface area contributed by atoms with Gasteiger partial charge in [-0.05, 0) is 66.8 Å². The zero-order chi connectivity index (χ0) is 21.1. The molecule has 1 aromatic heterocycles. The molecular formula is C24H21F3N2O. The van der Waals surface area contributed by atoms with Crippen LogP contribution >= 0.6 is 0 Å². The summed E-state index contributed by atoms with van der Waals surface area (Å²) in [6.07, 6.45) is 0.724. The molecule has 0 aliphatic carbocycles. The number of hydrogen-bond donors (Lipinski definition) is 0. The van der Waals surface area contributed by atoms with Gasteiger partial charge in [0.05, 0.1) is 5.56 Å². The number of pyridine rings is 1. The second kappa shape index (κ2) is 8.30. The number of aryl methyl sites for hydroxylation is 1. The van der Waals surface area contributed by atoms with Crippen molar-refractivity contribution in [1.29, 1.82) is 0 Å². The van der Waals surface area contributed by atoms with Gasteiger partial charge < -0.3 is 4.90 Å². The fourth-order valence-corrected chi connectivity index (χ4v) is 3.94. The first kappa shape index (κ1) is 20.1. The number of para-hydroxylation sites is 1. The van der Waals surface area contributed by atoms with Gasteiger partial charge in [-0.1, -0.05) is 18.2 Å². The average Bonchev–Trinajstić information content (AvgIpc) is 3.17. The third-order valence-corrected chi connectivity index (χ3v) is 5.44. The Morgan fingerprint density at radius 1 is 1.00 bits per heavy atom. The predicted molar refractivity (Wildman–Crippen MR) is 110 cm³/mol. The van der Waals surface area contributed by atoms with Crippen LogP contribution in [0.2, 0.25) is 0 Å². The Bertz CT molecular complexity index is 1050. The summed E-state index contributed by atoms with van der Waals surface area (Å²) in [5, 5.41) is 0. The van der Waals surface area contributed by atoms with Crippen LogP contribution in [-0.4, -0.2) is 17.3 Å². The average molecular weight is 410 g/mol. The molecule has 0 bridgehead atoms. The smallest absolute Gasteiger partial charge is 0.341 e. The van der Waals surface area contributed by atoms with Crippen molar-refractivity contribution in [3.8, 4) is 0 Å². The maximum atomic E-state index is 13.3. The molecule has 1 aliphatic heterocycles. The molecule has 0 amide bonds. The normalized spacial score (nSPS) is 13.4. The lowest BCUT2D eigenvalue weighted by Gasteiger charge is -2.24. The van der Waals surface area contributed by atoms with Crippen molar-refractivity contribution in [3.05, 3.63) is 89.2 Å². The standard InChI is InChI=1S/C24H21F3N2O/c25-24(26,27)20-8-9-22(29-15-12-17-4-1-2-6-21(17)29)19(16-20)5-3-7-23(30)18-10-13-28-14-11-18/h1-2,4,6,8-11,13-14,16H,3,5,7,12,15H2. The highest BCUT2D eigenvalue weighted by atomic mass is 19.4. The van der Waals surface area contributed by atoms with E-state index in [0.29, 0.717) is 24.0 Å². The number of hydrogen-bond acceptors (Lipinski definition) is 3. The zero-order valence-corrected chi connectivity index (χ0v) is 16.3. The molecule has 30 heavy (non-hydrogen) atoms. The molecular weight excluding hydrogens is 389 g/mol. The van der Waals surface area contributed by atoms with Gasteiger partial charge in [0, 0.05) is 42.3 Å². The molecule has 6 heteroatoms. The topological polar surface area (TPSA) is 33.2 Å². The first-order valence-corrected chi connectivity index (χ1v) is 9.92.